The highest BCUT2D eigenvalue weighted by molar-refractivity contribution is 6.08. The molecule has 2 heterocycles. The molecule has 0 N–H and O–H groups in total. The van der Waals surface area contributed by atoms with Gasteiger partial charge in [-0.15, -0.1) is 0 Å². The number of hydrogen-bond acceptors (Lipinski definition) is 0. The lowest BCUT2D eigenvalue weighted by atomic mass is 10.0. The Kier molecular flexibility index (Phi) is 20.9. The van der Waals surface area contributed by atoms with E-state index in [1.165, 1.54) is 61.9 Å². The molecule has 2 aliphatic rings. The molecule has 2 nitrogen and oxygen atoms in total. The van der Waals surface area contributed by atoms with Gasteiger partial charge in [0.1, 0.15) is 0 Å². The van der Waals surface area contributed by atoms with Crippen molar-refractivity contribution in [3.63, 3.8) is 0 Å². The van der Waals surface area contributed by atoms with Crippen LogP contribution in [0.3, 0.4) is 0 Å². The van der Waals surface area contributed by atoms with Crippen LogP contribution in [0, 0.1) is 0 Å². The first-order valence-corrected chi connectivity index (χ1v) is 20.4. The molecule has 0 saturated carbocycles. The zero-order chi connectivity index (χ0) is 39.9. The minimum Gasteiger partial charge on any atom is -0.333 e. The number of para-hydroxylation sites is 2. The van der Waals surface area contributed by atoms with Crippen molar-refractivity contribution in [3.05, 3.63) is 168 Å². The van der Waals surface area contributed by atoms with Crippen LogP contribution < -0.4 is 0 Å². The van der Waals surface area contributed by atoms with Gasteiger partial charge >= 0.3 is 0 Å². The monoisotopic (exact) mass is 721 g/mol. The Morgan fingerprint density at radius 1 is 0.759 bits per heavy atom. The van der Waals surface area contributed by atoms with Gasteiger partial charge in [0.05, 0.1) is 11.7 Å². The highest BCUT2D eigenvalue weighted by atomic mass is 15.0. The van der Waals surface area contributed by atoms with Crippen molar-refractivity contribution in [1.82, 2.24) is 9.13 Å². The van der Waals surface area contributed by atoms with E-state index in [0.717, 1.165) is 31.4 Å². The molecule has 0 spiro atoms. The SMILES string of the molecule is C=C(/C=C\C=C\CCC)n1c2c(c3c1C=CC(n1c4ccccc4c4ccccc41)CC3)C=CCC=C2.C=CC(=C\C)/C(/C=C\C)=C/C.CC.CC.CC. The summed E-state index contributed by atoms with van der Waals surface area (Å²) in [6, 6.07) is 17.9. The summed E-state index contributed by atoms with van der Waals surface area (Å²) in [6.07, 6.45) is 37.9. The fraction of sp³-hybridized carbons (Fsp3) is 0.308. The Morgan fingerprint density at radius 3 is 1.94 bits per heavy atom. The maximum atomic E-state index is 4.49. The highest BCUT2D eigenvalue weighted by Gasteiger charge is 2.25. The standard InChI is InChI=1S/C35H34N2.C11H16.3C2H6/c1-3-4-5-6-8-15-26(2)36-32-19-10-7-9-16-30(32)31-24-22-27(23-25-35(31)36)37-33-20-13-11-17-28(33)29-18-12-14-21-34(29)37;1-5-9-11(8-4)10(6-2)7-3;3*1-2/h5-6,8-21,23,25,27H,2-4,7,22,24H2,1H3;5-9H,2H2,1,3-4H3;3*1-2H3/b6-5+,15-8-;9-5-,10-7+,11-8+;;;. The van der Waals surface area contributed by atoms with Gasteiger partial charge in [-0.2, -0.15) is 0 Å². The third kappa shape index (κ3) is 11.0. The van der Waals surface area contributed by atoms with Crippen molar-refractivity contribution in [2.24, 2.45) is 0 Å². The molecule has 1 atom stereocenters. The van der Waals surface area contributed by atoms with E-state index in [9.17, 15) is 0 Å². The Morgan fingerprint density at radius 2 is 1.37 bits per heavy atom. The minimum absolute atomic E-state index is 0.285. The molecule has 1 unspecified atom stereocenters. The summed E-state index contributed by atoms with van der Waals surface area (Å²) in [5, 5.41) is 2.66. The molecule has 2 aliphatic carbocycles. The van der Waals surface area contributed by atoms with E-state index in [-0.39, 0.29) is 6.04 Å². The second-order valence-corrected chi connectivity index (χ2v) is 12.2. The third-order valence-electron chi connectivity index (χ3n) is 9.14. The number of hydrogen-bond donors (Lipinski definition) is 0. The van der Waals surface area contributed by atoms with Crippen molar-refractivity contribution < 1.29 is 0 Å². The van der Waals surface area contributed by atoms with E-state index in [1.807, 2.05) is 74.5 Å². The third-order valence-corrected chi connectivity index (χ3v) is 9.14. The van der Waals surface area contributed by atoms with E-state index < -0.39 is 0 Å². The molecule has 0 fully saturated rings. The molecule has 54 heavy (non-hydrogen) atoms. The molecule has 0 radical (unpaired) electrons. The van der Waals surface area contributed by atoms with Gasteiger partial charge in [-0.3, -0.25) is 0 Å². The summed E-state index contributed by atoms with van der Waals surface area (Å²) in [6.45, 7) is 28.5. The maximum absolute atomic E-state index is 4.49. The van der Waals surface area contributed by atoms with Gasteiger partial charge in [0.15, 0.2) is 0 Å². The van der Waals surface area contributed by atoms with Crippen LogP contribution >= 0.6 is 0 Å². The number of aromatic nitrogens is 2. The van der Waals surface area contributed by atoms with Crippen molar-refractivity contribution in [2.45, 2.75) is 107 Å². The lowest BCUT2D eigenvalue weighted by Gasteiger charge is -2.17. The minimum atomic E-state index is 0.285. The van der Waals surface area contributed by atoms with Gasteiger partial charge in [-0.25, -0.2) is 0 Å². The van der Waals surface area contributed by atoms with Gasteiger partial charge < -0.3 is 9.13 Å². The quantitative estimate of drug-likeness (QED) is 0.152. The molecule has 6 rings (SSSR count). The molecule has 286 valence electrons. The molecule has 2 aromatic carbocycles. The number of allylic oxidation sites excluding steroid dienone is 15. The molecular weight excluding hydrogens is 653 g/mol. The van der Waals surface area contributed by atoms with Gasteiger partial charge in [0, 0.05) is 38.8 Å². The summed E-state index contributed by atoms with van der Waals surface area (Å²) >= 11 is 0. The van der Waals surface area contributed by atoms with Gasteiger partial charge in [-0.05, 0) is 93.5 Å². The number of benzene rings is 2. The van der Waals surface area contributed by atoms with Crippen LogP contribution in [-0.4, -0.2) is 9.13 Å². The summed E-state index contributed by atoms with van der Waals surface area (Å²) in [5.74, 6) is 0. The van der Waals surface area contributed by atoms with E-state index in [2.05, 4.69) is 157 Å². The van der Waals surface area contributed by atoms with Crippen LogP contribution in [0.4, 0.5) is 0 Å². The maximum Gasteiger partial charge on any atom is 0.0534 e. The van der Waals surface area contributed by atoms with Gasteiger partial charge in [0.25, 0.3) is 0 Å². The van der Waals surface area contributed by atoms with Gasteiger partial charge in [-0.1, -0.05) is 177 Å². The topological polar surface area (TPSA) is 9.86 Å². The van der Waals surface area contributed by atoms with Gasteiger partial charge in [0.2, 0.25) is 0 Å². The first-order chi connectivity index (χ1) is 26.6. The predicted molar refractivity (Wildman–Crippen MR) is 248 cm³/mol. The van der Waals surface area contributed by atoms with E-state index >= 15 is 0 Å². The average molecular weight is 721 g/mol. The highest BCUT2D eigenvalue weighted by Crippen LogP contribution is 2.39. The normalized spacial score (nSPS) is 14.9. The Balaban J connectivity index is 0.000000506. The molecule has 0 saturated heterocycles. The second kappa shape index (κ2) is 25.0. The molecule has 2 heteroatoms. The fourth-order valence-electron chi connectivity index (χ4n) is 6.86. The van der Waals surface area contributed by atoms with Crippen LogP contribution in [0.1, 0.15) is 123 Å². The number of fused-ring (bicyclic) bond motifs is 6. The number of rotatable bonds is 9. The van der Waals surface area contributed by atoms with Crippen LogP contribution in [0.25, 0.3) is 45.7 Å². The number of nitrogens with zero attached hydrogens (tertiary/aromatic N) is 2. The van der Waals surface area contributed by atoms with Crippen LogP contribution in [0.15, 0.2) is 146 Å². The fourth-order valence-corrected chi connectivity index (χ4v) is 6.86. The predicted octanol–water partition coefficient (Wildman–Crippen LogP) is 16.3. The molecule has 2 aromatic heterocycles. The molecule has 4 aromatic rings. The summed E-state index contributed by atoms with van der Waals surface area (Å²) in [4.78, 5) is 0. The van der Waals surface area contributed by atoms with Crippen LogP contribution in [-0.2, 0) is 6.42 Å². The van der Waals surface area contributed by atoms with E-state index in [0.29, 0.717) is 0 Å². The second-order valence-electron chi connectivity index (χ2n) is 12.2. The summed E-state index contributed by atoms with van der Waals surface area (Å²) in [5.41, 5.74) is 11.3. The van der Waals surface area contributed by atoms with Crippen molar-refractivity contribution in [3.8, 4) is 0 Å². The molecule has 0 aliphatic heterocycles. The summed E-state index contributed by atoms with van der Waals surface area (Å²) in [7, 11) is 0. The Bertz CT molecular complexity index is 1970. The zero-order valence-corrected chi connectivity index (χ0v) is 35.2. The first-order valence-electron chi connectivity index (χ1n) is 20.4. The van der Waals surface area contributed by atoms with E-state index in [4.69, 9.17) is 0 Å². The largest absolute Gasteiger partial charge is 0.333 e. The first kappa shape index (κ1) is 45.1. The van der Waals surface area contributed by atoms with E-state index in [1.54, 1.807) is 0 Å². The Labute approximate surface area is 329 Å². The average Bonchev–Trinajstić information content (AvgIpc) is 3.46. The number of unbranched alkanes of at least 4 members (excludes halogenated alkanes) is 1. The lowest BCUT2D eigenvalue weighted by Crippen LogP contribution is -2.07. The van der Waals surface area contributed by atoms with Crippen molar-refractivity contribution in [2.75, 3.05) is 0 Å². The molecular formula is C52H68N2. The van der Waals surface area contributed by atoms with Crippen LogP contribution in [0.2, 0.25) is 0 Å². The lowest BCUT2D eigenvalue weighted by molar-refractivity contribution is 0.593. The van der Waals surface area contributed by atoms with Crippen molar-refractivity contribution in [1.29, 1.82) is 0 Å². The smallest absolute Gasteiger partial charge is 0.0534 e. The molecule has 0 bridgehead atoms. The molecule has 0 amide bonds. The van der Waals surface area contributed by atoms with Crippen LogP contribution in [0.5, 0.6) is 0 Å². The Hall–Kier alpha value is -5.08. The van der Waals surface area contributed by atoms with Crippen molar-refractivity contribution >= 4 is 45.7 Å². The summed E-state index contributed by atoms with van der Waals surface area (Å²) < 4.78 is 4.89. The zero-order valence-electron chi connectivity index (χ0n) is 35.2.